The summed E-state index contributed by atoms with van der Waals surface area (Å²) in [5.74, 6) is -0.274. The van der Waals surface area contributed by atoms with Crippen molar-refractivity contribution in [2.75, 3.05) is 0 Å². The summed E-state index contributed by atoms with van der Waals surface area (Å²) >= 11 is 0.299. The van der Waals surface area contributed by atoms with Crippen molar-refractivity contribution < 1.29 is 9.59 Å². The van der Waals surface area contributed by atoms with Gasteiger partial charge >= 0.3 is 179 Å². The zero-order valence-corrected chi connectivity index (χ0v) is 18.5. The van der Waals surface area contributed by atoms with Crippen LogP contribution in [0, 0.1) is 0 Å². The Labute approximate surface area is 178 Å². The van der Waals surface area contributed by atoms with Gasteiger partial charge in [-0.3, -0.25) is 0 Å². The van der Waals surface area contributed by atoms with Crippen molar-refractivity contribution in [3.63, 3.8) is 0 Å². The van der Waals surface area contributed by atoms with Crippen molar-refractivity contribution in [2.24, 2.45) is 0 Å². The number of para-hydroxylation sites is 1. The van der Waals surface area contributed by atoms with E-state index in [2.05, 4.69) is 46.0 Å². The number of nitrogens with zero attached hydrogens (tertiary/aromatic N) is 1. The number of allylic oxidation sites excluding steroid dienone is 1. The van der Waals surface area contributed by atoms with Crippen molar-refractivity contribution in [3.05, 3.63) is 92.9 Å². The summed E-state index contributed by atoms with van der Waals surface area (Å²) in [7, 11) is 0. The Kier molecular flexibility index (Phi) is 3.80. The van der Waals surface area contributed by atoms with E-state index in [0.717, 1.165) is 9.82 Å². The van der Waals surface area contributed by atoms with Gasteiger partial charge in [-0.05, 0) is 0 Å². The number of carbonyl (C=O) groups excluding carboxylic acids is 2. The van der Waals surface area contributed by atoms with Gasteiger partial charge in [0.2, 0.25) is 0 Å². The molecule has 0 aliphatic heterocycles. The summed E-state index contributed by atoms with van der Waals surface area (Å²) < 4.78 is 5.63. The van der Waals surface area contributed by atoms with E-state index in [0.29, 0.717) is 16.7 Å². The second-order valence-electron chi connectivity index (χ2n) is 6.99. The fourth-order valence-corrected chi connectivity index (χ4v) is 7.57. The maximum absolute atomic E-state index is 12.9. The van der Waals surface area contributed by atoms with Crippen molar-refractivity contribution in [1.29, 1.82) is 0 Å². The molecule has 138 valence electrons. The molecule has 0 saturated heterocycles. The first-order valence-electron chi connectivity index (χ1n) is 9.18. The Balaban J connectivity index is 1.41. The first-order valence-corrected chi connectivity index (χ1v) is 12.7. The molecule has 29 heavy (non-hydrogen) atoms. The van der Waals surface area contributed by atoms with Crippen LogP contribution in [-0.2, 0) is 0 Å². The SMILES string of the molecule is O=C1/C(=C/c2ccc(-n3ccc4ccccc43)[se]2)C(=O)c2cc3[se]ccc3cc21. The number of benzene rings is 2. The van der Waals surface area contributed by atoms with E-state index in [9.17, 15) is 9.59 Å². The van der Waals surface area contributed by atoms with Gasteiger partial charge in [-0.25, -0.2) is 0 Å². The Morgan fingerprint density at radius 1 is 0.828 bits per heavy atom. The summed E-state index contributed by atoms with van der Waals surface area (Å²) in [6, 6.07) is 20.4. The molecule has 1 aliphatic rings. The minimum absolute atomic E-state index is 0.0394. The van der Waals surface area contributed by atoms with E-state index >= 15 is 0 Å². The first kappa shape index (κ1) is 17.2. The van der Waals surface area contributed by atoms with Gasteiger partial charge in [-0.15, -0.1) is 0 Å². The van der Waals surface area contributed by atoms with E-state index in [1.165, 1.54) is 19.7 Å². The Hall–Kier alpha value is -2.68. The zero-order chi connectivity index (χ0) is 19.5. The third kappa shape index (κ3) is 2.63. The first-order chi connectivity index (χ1) is 14.2. The van der Waals surface area contributed by atoms with Crippen molar-refractivity contribution >= 4 is 67.2 Å². The fourth-order valence-electron chi connectivity index (χ4n) is 3.88. The van der Waals surface area contributed by atoms with Gasteiger partial charge in [0, 0.05) is 0 Å². The van der Waals surface area contributed by atoms with E-state index < -0.39 is 0 Å². The van der Waals surface area contributed by atoms with Crippen LogP contribution >= 0.6 is 0 Å². The topological polar surface area (TPSA) is 39.1 Å². The molecule has 3 nitrogen and oxygen atoms in total. The molecule has 0 N–H and O–H groups in total. The molecule has 3 aromatic heterocycles. The monoisotopic (exact) mass is 507 g/mol. The van der Waals surface area contributed by atoms with Gasteiger partial charge < -0.3 is 0 Å². The van der Waals surface area contributed by atoms with Crippen molar-refractivity contribution in [2.45, 2.75) is 0 Å². The number of ketones is 2. The standard InChI is InChI=1S/C24H13NO2Se2/c26-23-17-11-15-8-10-28-21(15)13-18(17)24(27)19(23)12-16-5-6-22(29-16)25-9-7-14-3-1-2-4-20(14)25/h1-13H/b19-12-. The Bertz CT molecular complexity index is 1440. The number of Topliss-reactive ketones (excluding diaryl/α,β-unsaturated/α-hetero) is 2. The van der Waals surface area contributed by atoms with Crippen LogP contribution < -0.4 is 0 Å². The van der Waals surface area contributed by atoms with Crippen LogP contribution in [-0.4, -0.2) is 45.1 Å². The summed E-state index contributed by atoms with van der Waals surface area (Å²) in [4.78, 5) is 28.0. The molecule has 0 fully saturated rings. The van der Waals surface area contributed by atoms with E-state index in [1.54, 1.807) is 0 Å². The molecule has 1 aliphatic carbocycles. The van der Waals surface area contributed by atoms with Crippen LogP contribution in [0.2, 0.25) is 0 Å². The van der Waals surface area contributed by atoms with Crippen LogP contribution in [0.25, 0.3) is 31.2 Å². The molecule has 3 heterocycles. The predicted molar refractivity (Wildman–Crippen MR) is 118 cm³/mol. The molecule has 5 aromatic rings. The Morgan fingerprint density at radius 3 is 2.55 bits per heavy atom. The molecular formula is C24H13NO2Se2. The van der Waals surface area contributed by atoms with Gasteiger partial charge in [0.25, 0.3) is 0 Å². The second-order valence-corrected chi connectivity index (χ2v) is 11.3. The fraction of sp³-hybridized carbons (Fsp3) is 0. The number of hydrogen-bond donors (Lipinski definition) is 0. The van der Waals surface area contributed by atoms with E-state index in [4.69, 9.17) is 0 Å². The molecule has 0 radical (unpaired) electrons. The van der Waals surface area contributed by atoms with Gasteiger partial charge in [-0.2, -0.15) is 0 Å². The molecule has 5 heteroatoms. The quantitative estimate of drug-likeness (QED) is 0.203. The third-order valence-corrected chi connectivity index (χ3v) is 9.32. The van der Waals surface area contributed by atoms with Crippen LogP contribution in [0.1, 0.15) is 25.2 Å². The molecule has 0 unspecified atom stereocenters. The number of hydrogen-bond acceptors (Lipinski definition) is 2. The van der Waals surface area contributed by atoms with Crippen LogP contribution in [0.3, 0.4) is 0 Å². The van der Waals surface area contributed by atoms with Gasteiger partial charge in [0.15, 0.2) is 0 Å². The number of rotatable bonds is 2. The zero-order valence-electron chi connectivity index (χ0n) is 15.1. The third-order valence-electron chi connectivity index (χ3n) is 5.31. The number of fused-ring (bicyclic) bond motifs is 3. The summed E-state index contributed by atoms with van der Waals surface area (Å²) in [6.07, 6.45) is 3.90. The minimum atomic E-state index is -0.142. The molecule has 0 bridgehead atoms. The van der Waals surface area contributed by atoms with Gasteiger partial charge in [0.05, 0.1) is 0 Å². The van der Waals surface area contributed by atoms with Crippen molar-refractivity contribution in [1.82, 2.24) is 4.57 Å². The molecule has 0 saturated carbocycles. The molecule has 6 rings (SSSR count). The molecular weight excluding hydrogens is 492 g/mol. The van der Waals surface area contributed by atoms with E-state index in [-0.39, 0.29) is 40.6 Å². The van der Waals surface area contributed by atoms with Gasteiger partial charge in [0.1, 0.15) is 0 Å². The summed E-state index contributed by atoms with van der Waals surface area (Å²) in [6.45, 7) is 0. The average Bonchev–Trinajstić information content (AvgIpc) is 3.50. The predicted octanol–water partition coefficient (Wildman–Crippen LogP) is 4.36. The number of aromatic nitrogens is 1. The second kappa shape index (κ2) is 6.41. The van der Waals surface area contributed by atoms with Crippen LogP contribution in [0.4, 0.5) is 0 Å². The van der Waals surface area contributed by atoms with Crippen LogP contribution in [0.15, 0.2) is 77.4 Å². The average molecular weight is 505 g/mol. The summed E-state index contributed by atoms with van der Waals surface area (Å²) in [5.41, 5.74) is 2.60. The van der Waals surface area contributed by atoms with E-state index in [1.807, 2.05) is 36.4 Å². The molecule has 0 amide bonds. The van der Waals surface area contributed by atoms with Gasteiger partial charge in [-0.1, -0.05) is 0 Å². The van der Waals surface area contributed by atoms with Crippen molar-refractivity contribution in [3.8, 4) is 4.56 Å². The maximum atomic E-state index is 12.9. The molecule has 2 aromatic carbocycles. The Morgan fingerprint density at radius 2 is 1.66 bits per heavy atom. The summed E-state index contributed by atoms with van der Waals surface area (Å²) in [5, 5.41) is 2.29. The molecule has 0 spiro atoms. The van der Waals surface area contributed by atoms with Crippen LogP contribution in [0.5, 0.6) is 0 Å². The normalized spacial score (nSPS) is 15.1. The molecule has 0 atom stereocenters. The number of carbonyl (C=O) groups is 2.